The molecule has 0 bridgehead atoms. The van der Waals surface area contributed by atoms with E-state index in [1.807, 2.05) is 6.07 Å². The molecule has 2 heterocycles. The van der Waals surface area contributed by atoms with Gasteiger partial charge in [0.05, 0.1) is 14.2 Å². The van der Waals surface area contributed by atoms with Gasteiger partial charge in [0.15, 0.2) is 29.1 Å². The number of fused-ring (bicyclic) bond motifs is 2. The van der Waals surface area contributed by atoms with E-state index in [4.69, 9.17) is 18.9 Å². The van der Waals surface area contributed by atoms with E-state index in [0.29, 0.717) is 23.3 Å². The fourth-order valence-corrected chi connectivity index (χ4v) is 5.17. The summed E-state index contributed by atoms with van der Waals surface area (Å²) in [5.74, 6) is -0.769. The van der Waals surface area contributed by atoms with Crippen LogP contribution in [0.5, 0.6) is 23.0 Å². The number of nitrogens with one attached hydrogen (secondary N) is 1. The van der Waals surface area contributed by atoms with Crippen LogP contribution in [0.15, 0.2) is 18.2 Å². The van der Waals surface area contributed by atoms with Gasteiger partial charge in [0.25, 0.3) is 0 Å². The highest BCUT2D eigenvalue weighted by Crippen LogP contribution is 2.53. The van der Waals surface area contributed by atoms with Gasteiger partial charge in [-0.1, -0.05) is 0 Å². The summed E-state index contributed by atoms with van der Waals surface area (Å²) in [5.41, 5.74) is 4.15. The van der Waals surface area contributed by atoms with Crippen LogP contribution in [0, 0.1) is 0 Å². The van der Waals surface area contributed by atoms with Crippen LogP contribution in [-0.4, -0.2) is 83.0 Å². The maximum Gasteiger partial charge on any atom is 0.335 e. The van der Waals surface area contributed by atoms with Gasteiger partial charge in [0.1, 0.15) is 18.3 Å². The van der Waals surface area contributed by atoms with Crippen molar-refractivity contribution in [2.75, 3.05) is 20.8 Å². The first-order valence-electron chi connectivity index (χ1n) is 11.2. The monoisotopic (exact) mass is 489 g/mol. The summed E-state index contributed by atoms with van der Waals surface area (Å²) < 4.78 is 22.4. The van der Waals surface area contributed by atoms with Gasteiger partial charge < -0.3 is 49.8 Å². The van der Waals surface area contributed by atoms with Gasteiger partial charge in [-0.3, -0.25) is 0 Å². The third-order valence-electron chi connectivity index (χ3n) is 6.87. The lowest BCUT2D eigenvalue weighted by Crippen LogP contribution is -2.61. The van der Waals surface area contributed by atoms with Crippen molar-refractivity contribution in [2.45, 2.75) is 49.6 Å². The number of carbonyl (C=O) groups is 1. The molecule has 0 aromatic heterocycles. The number of ether oxygens (including phenoxy) is 4. The van der Waals surface area contributed by atoms with E-state index >= 15 is 0 Å². The number of phenols is 1. The van der Waals surface area contributed by atoms with Gasteiger partial charge in [-0.05, 0) is 59.8 Å². The van der Waals surface area contributed by atoms with E-state index in [2.05, 4.69) is 5.32 Å². The first-order chi connectivity index (χ1) is 16.7. The molecular weight excluding hydrogens is 462 g/mol. The Morgan fingerprint density at radius 3 is 2.46 bits per heavy atom. The second-order valence-electron chi connectivity index (χ2n) is 8.85. The number of carboxylic acid groups (broad SMARTS) is 1. The molecule has 1 saturated heterocycles. The topological polar surface area (TPSA) is 167 Å². The van der Waals surface area contributed by atoms with Crippen molar-refractivity contribution in [3.05, 3.63) is 34.9 Å². The Kier molecular flexibility index (Phi) is 5.98. The number of hydrogen-bond donors (Lipinski definition) is 6. The second kappa shape index (κ2) is 8.85. The van der Waals surface area contributed by atoms with Gasteiger partial charge in [-0.15, -0.1) is 0 Å². The van der Waals surface area contributed by atoms with Crippen LogP contribution >= 0.6 is 0 Å². The molecule has 0 radical (unpaired) electrons. The first-order valence-corrected chi connectivity index (χ1v) is 11.2. The maximum absolute atomic E-state index is 11.6. The number of methoxy groups -OCH3 is 2. The van der Waals surface area contributed by atoms with Gasteiger partial charge >= 0.3 is 5.97 Å². The molecule has 0 amide bonds. The number of benzene rings is 2. The van der Waals surface area contributed by atoms with Crippen molar-refractivity contribution in [3.8, 4) is 34.1 Å². The van der Waals surface area contributed by atoms with Crippen LogP contribution in [0.25, 0.3) is 11.1 Å². The minimum absolute atomic E-state index is 0.0106. The van der Waals surface area contributed by atoms with Gasteiger partial charge in [-0.2, -0.15) is 0 Å². The molecule has 6 N–H and O–H groups in total. The summed E-state index contributed by atoms with van der Waals surface area (Å²) in [6, 6.07) is 5.07. The summed E-state index contributed by atoms with van der Waals surface area (Å²) in [5, 5.41) is 54.1. The molecule has 2 aromatic rings. The Morgan fingerprint density at radius 1 is 1.03 bits per heavy atom. The van der Waals surface area contributed by atoms with Crippen molar-refractivity contribution in [1.82, 2.24) is 5.32 Å². The molecule has 0 spiro atoms. The summed E-state index contributed by atoms with van der Waals surface area (Å²) in [6.07, 6.45) is -7.47. The number of carboxylic acids is 1. The molecule has 6 atom stereocenters. The van der Waals surface area contributed by atoms with E-state index in [-0.39, 0.29) is 23.3 Å². The SMILES string of the molecule is COc1cc2c(cc1O)C[C@@H]1NCCc3cc(OC)c(O[C@@H]4O[C@@H](C(=O)O)[C@@H](O)[C@@H](O)[C@@H]4O)c-2c31. The van der Waals surface area contributed by atoms with Crippen molar-refractivity contribution in [2.24, 2.45) is 0 Å². The largest absolute Gasteiger partial charge is 0.504 e. The van der Waals surface area contributed by atoms with E-state index in [1.54, 1.807) is 12.1 Å². The summed E-state index contributed by atoms with van der Waals surface area (Å²) in [6.45, 7) is 0.743. The summed E-state index contributed by atoms with van der Waals surface area (Å²) in [4.78, 5) is 11.6. The fraction of sp³-hybridized carbons (Fsp3) is 0.458. The number of rotatable bonds is 5. The lowest BCUT2D eigenvalue weighted by Gasteiger charge is -2.40. The summed E-state index contributed by atoms with van der Waals surface area (Å²) >= 11 is 0. The van der Waals surface area contributed by atoms with E-state index in [0.717, 1.165) is 29.7 Å². The standard InChI is InChI=1S/C24H27NO10/c1-32-14-8-11-10(6-13(14)26)5-12-16-9(3-4-25-12)7-15(33-2)21(17(11)16)34-24-20(29)18(27)19(28)22(35-24)23(30)31/h6-8,12,18-20,22,24-29H,3-5H2,1-2H3,(H,30,31)/t12-,18+,19-,20-,22+,24+/m0/s1. The predicted molar refractivity (Wildman–Crippen MR) is 120 cm³/mol. The minimum atomic E-state index is -1.84. The number of aliphatic hydroxyl groups excluding tert-OH is 3. The van der Waals surface area contributed by atoms with Crippen molar-refractivity contribution >= 4 is 5.97 Å². The third-order valence-corrected chi connectivity index (χ3v) is 6.87. The van der Waals surface area contributed by atoms with Gasteiger partial charge in [0, 0.05) is 11.6 Å². The lowest BCUT2D eigenvalue weighted by atomic mass is 9.77. The predicted octanol–water partition coefficient (Wildman–Crippen LogP) is 0.0903. The van der Waals surface area contributed by atoms with Gasteiger partial charge in [-0.25, -0.2) is 4.79 Å². The Morgan fingerprint density at radius 2 is 1.77 bits per heavy atom. The van der Waals surface area contributed by atoms with E-state index in [9.17, 15) is 30.3 Å². The van der Waals surface area contributed by atoms with E-state index in [1.165, 1.54) is 14.2 Å². The van der Waals surface area contributed by atoms with Crippen molar-refractivity contribution < 1.29 is 49.3 Å². The Labute approximate surface area is 200 Å². The molecule has 2 aliphatic heterocycles. The molecule has 35 heavy (non-hydrogen) atoms. The van der Waals surface area contributed by atoms with Crippen molar-refractivity contribution in [1.29, 1.82) is 0 Å². The maximum atomic E-state index is 11.6. The fourth-order valence-electron chi connectivity index (χ4n) is 5.17. The zero-order chi connectivity index (χ0) is 25.0. The van der Waals surface area contributed by atoms with Crippen LogP contribution in [0.3, 0.4) is 0 Å². The highest BCUT2D eigenvalue weighted by atomic mass is 16.7. The Bertz CT molecular complexity index is 1170. The molecule has 3 aliphatic rings. The third kappa shape index (κ3) is 3.76. The van der Waals surface area contributed by atoms with Crippen LogP contribution in [0.1, 0.15) is 22.7 Å². The smallest absolute Gasteiger partial charge is 0.335 e. The highest BCUT2D eigenvalue weighted by Gasteiger charge is 2.49. The Balaban J connectivity index is 1.68. The summed E-state index contributed by atoms with van der Waals surface area (Å²) in [7, 11) is 2.90. The minimum Gasteiger partial charge on any atom is -0.504 e. The zero-order valence-corrected chi connectivity index (χ0v) is 19.1. The normalized spacial score (nSPS) is 29.1. The van der Waals surface area contributed by atoms with Gasteiger partial charge in [0.2, 0.25) is 6.29 Å². The quantitative estimate of drug-likeness (QED) is 0.337. The lowest BCUT2D eigenvalue weighted by molar-refractivity contribution is -0.271. The van der Waals surface area contributed by atoms with Crippen LogP contribution < -0.4 is 19.5 Å². The molecule has 188 valence electrons. The number of aromatic hydroxyl groups is 1. The average Bonchev–Trinajstić information content (AvgIpc) is 2.84. The molecule has 11 heteroatoms. The number of aliphatic hydroxyl groups is 3. The van der Waals surface area contributed by atoms with Crippen LogP contribution in [0.4, 0.5) is 0 Å². The molecule has 5 rings (SSSR count). The number of phenolic OH excluding ortho intramolecular Hbond substituents is 1. The molecule has 0 saturated carbocycles. The van der Waals surface area contributed by atoms with Crippen LogP contribution in [0.2, 0.25) is 0 Å². The number of hydrogen-bond acceptors (Lipinski definition) is 10. The zero-order valence-electron chi connectivity index (χ0n) is 19.1. The molecule has 0 unspecified atom stereocenters. The van der Waals surface area contributed by atoms with E-state index < -0.39 is 36.7 Å². The first kappa shape index (κ1) is 23.6. The molecule has 1 aliphatic carbocycles. The highest BCUT2D eigenvalue weighted by molar-refractivity contribution is 5.85. The molecule has 1 fully saturated rings. The Hall–Kier alpha value is -3.09. The van der Waals surface area contributed by atoms with Crippen molar-refractivity contribution in [3.63, 3.8) is 0 Å². The average molecular weight is 489 g/mol. The molecule has 2 aromatic carbocycles. The number of aliphatic carboxylic acids is 1. The molecule has 11 nitrogen and oxygen atoms in total. The second-order valence-corrected chi connectivity index (χ2v) is 8.85. The molecular formula is C24H27NO10. The van der Waals surface area contributed by atoms with Crippen LogP contribution in [-0.2, 0) is 22.4 Å².